The van der Waals surface area contributed by atoms with Crippen molar-refractivity contribution in [2.45, 2.75) is 38.8 Å². The molecule has 0 saturated carbocycles. The SMILES string of the molecule is CC(C)(Oc1ccc(Cl)cc1)C(=O)NCCC(=O)N1CCc2sccc2C1. The molecule has 144 valence electrons. The number of hydrogen-bond donors (Lipinski definition) is 1. The summed E-state index contributed by atoms with van der Waals surface area (Å²) in [4.78, 5) is 28.1. The highest BCUT2D eigenvalue weighted by atomic mass is 35.5. The molecule has 2 aromatic rings. The van der Waals surface area contributed by atoms with Crippen LogP contribution in [0.2, 0.25) is 5.02 Å². The van der Waals surface area contributed by atoms with Crippen LogP contribution in [0.1, 0.15) is 30.7 Å². The number of ether oxygens (including phenoxy) is 1. The van der Waals surface area contributed by atoms with Gasteiger partial charge in [-0.2, -0.15) is 0 Å². The highest BCUT2D eigenvalue weighted by Gasteiger charge is 2.30. The smallest absolute Gasteiger partial charge is 0.263 e. The summed E-state index contributed by atoms with van der Waals surface area (Å²) in [6.45, 7) is 5.09. The standard InChI is InChI=1S/C20H23ClN2O3S/c1-20(2,26-16-5-3-15(21)4-6-16)19(25)22-10-7-18(24)23-11-8-17-14(13-23)9-12-27-17/h3-6,9,12H,7-8,10-11,13H2,1-2H3,(H,22,25). The van der Waals surface area contributed by atoms with Gasteiger partial charge < -0.3 is 15.0 Å². The lowest BCUT2D eigenvalue weighted by Gasteiger charge is -2.28. The Morgan fingerprint density at radius 2 is 2.00 bits per heavy atom. The van der Waals surface area contributed by atoms with E-state index in [0.717, 1.165) is 13.0 Å². The predicted octanol–water partition coefficient (Wildman–Crippen LogP) is 3.65. The molecule has 0 aliphatic carbocycles. The normalized spacial score (nSPS) is 13.8. The van der Waals surface area contributed by atoms with Crippen LogP contribution in [0.4, 0.5) is 0 Å². The first-order valence-electron chi connectivity index (χ1n) is 8.91. The highest BCUT2D eigenvalue weighted by molar-refractivity contribution is 7.10. The first-order valence-corrected chi connectivity index (χ1v) is 10.2. The first kappa shape index (κ1) is 19.7. The summed E-state index contributed by atoms with van der Waals surface area (Å²) >= 11 is 7.61. The average Bonchev–Trinajstić information content (AvgIpc) is 3.11. The Kier molecular flexibility index (Phi) is 6.07. The fraction of sp³-hybridized carbons (Fsp3) is 0.400. The van der Waals surface area contributed by atoms with Crippen molar-refractivity contribution < 1.29 is 14.3 Å². The fourth-order valence-electron chi connectivity index (χ4n) is 2.96. The summed E-state index contributed by atoms with van der Waals surface area (Å²) in [6, 6.07) is 8.94. The second kappa shape index (κ2) is 8.31. The minimum atomic E-state index is -1.05. The molecule has 2 amide bonds. The molecule has 2 heterocycles. The van der Waals surface area contributed by atoms with Crippen molar-refractivity contribution in [2.24, 2.45) is 0 Å². The van der Waals surface area contributed by atoms with E-state index in [-0.39, 0.29) is 24.8 Å². The zero-order chi connectivity index (χ0) is 19.4. The van der Waals surface area contributed by atoms with Gasteiger partial charge in [-0.3, -0.25) is 9.59 Å². The molecule has 7 heteroatoms. The molecule has 0 saturated heterocycles. The Labute approximate surface area is 168 Å². The van der Waals surface area contributed by atoms with Gasteiger partial charge in [-0.25, -0.2) is 0 Å². The minimum Gasteiger partial charge on any atom is -0.478 e. The number of fused-ring (bicyclic) bond motifs is 1. The Balaban J connectivity index is 1.45. The lowest BCUT2D eigenvalue weighted by molar-refractivity contribution is -0.135. The third kappa shape index (κ3) is 5.02. The van der Waals surface area contributed by atoms with Crippen LogP contribution in [0, 0.1) is 0 Å². The van der Waals surface area contributed by atoms with Crippen molar-refractivity contribution in [1.82, 2.24) is 10.2 Å². The van der Waals surface area contributed by atoms with E-state index >= 15 is 0 Å². The monoisotopic (exact) mass is 406 g/mol. The lowest BCUT2D eigenvalue weighted by Crippen LogP contribution is -2.47. The molecular formula is C20H23ClN2O3S. The zero-order valence-corrected chi connectivity index (χ0v) is 17.0. The molecule has 3 rings (SSSR count). The minimum absolute atomic E-state index is 0.0589. The molecule has 0 atom stereocenters. The fourth-order valence-corrected chi connectivity index (χ4v) is 3.97. The maximum atomic E-state index is 12.4. The van der Waals surface area contributed by atoms with Crippen molar-refractivity contribution in [3.05, 3.63) is 51.2 Å². The van der Waals surface area contributed by atoms with Crippen molar-refractivity contribution in [2.75, 3.05) is 13.1 Å². The van der Waals surface area contributed by atoms with Gasteiger partial charge >= 0.3 is 0 Å². The topological polar surface area (TPSA) is 58.6 Å². The summed E-state index contributed by atoms with van der Waals surface area (Å²) in [5.41, 5.74) is 0.189. The summed E-state index contributed by atoms with van der Waals surface area (Å²) in [6.07, 6.45) is 1.19. The second-order valence-electron chi connectivity index (χ2n) is 7.01. The number of carbonyl (C=O) groups is 2. The average molecular weight is 407 g/mol. The molecular weight excluding hydrogens is 384 g/mol. The Morgan fingerprint density at radius 3 is 2.74 bits per heavy atom. The van der Waals surface area contributed by atoms with E-state index < -0.39 is 5.60 Å². The number of rotatable bonds is 6. The number of nitrogens with zero attached hydrogens (tertiary/aromatic N) is 1. The molecule has 1 aromatic carbocycles. The number of benzene rings is 1. The van der Waals surface area contributed by atoms with Crippen LogP contribution in [0.15, 0.2) is 35.7 Å². The Bertz CT molecular complexity index is 817. The van der Waals surface area contributed by atoms with Gasteiger partial charge in [0.1, 0.15) is 5.75 Å². The lowest BCUT2D eigenvalue weighted by atomic mass is 10.1. The Morgan fingerprint density at radius 1 is 1.26 bits per heavy atom. The van der Waals surface area contributed by atoms with Crippen molar-refractivity contribution in [1.29, 1.82) is 0 Å². The highest BCUT2D eigenvalue weighted by Crippen LogP contribution is 2.24. The molecule has 5 nitrogen and oxygen atoms in total. The summed E-state index contributed by atoms with van der Waals surface area (Å²) < 4.78 is 5.76. The van der Waals surface area contributed by atoms with Crippen molar-refractivity contribution >= 4 is 34.8 Å². The predicted molar refractivity (Wildman–Crippen MR) is 107 cm³/mol. The molecule has 1 aliphatic rings. The van der Waals surface area contributed by atoms with Gasteiger partial charge in [0.25, 0.3) is 5.91 Å². The van der Waals surface area contributed by atoms with E-state index in [4.69, 9.17) is 16.3 Å². The van der Waals surface area contributed by atoms with E-state index in [1.165, 1.54) is 10.4 Å². The molecule has 0 radical (unpaired) electrons. The van der Waals surface area contributed by atoms with Crippen LogP contribution in [0.3, 0.4) is 0 Å². The van der Waals surface area contributed by atoms with Crippen LogP contribution >= 0.6 is 22.9 Å². The van der Waals surface area contributed by atoms with Crippen LogP contribution in [0.25, 0.3) is 0 Å². The Hall–Kier alpha value is -2.05. The molecule has 0 bridgehead atoms. The largest absolute Gasteiger partial charge is 0.478 e. The van der Waals surface area contributed by atoms with Gasteiger partial charge in [0.15, 0.2) is 5.60 Å². The van der Waals surface area contributed by atoms with Crippen LogP contribution in [-0.4, -0.2) is 35.4 Å². The number of carbonyl (C=O) groups excluding carboxylic acids is 2. The van der Waals surface area contributed by atoms with Gasteiger partial charge in [-0.15, -0.1) is 11.3 Å². The summed E-state index contributed by atoms with van der Waals surface area (Å²) in [7, 11) is 0. The molecule has 1 aromatic heterocycles. The van der Waals surface area contributed by atoms with Gasteiger partial charge in [0.05, 0.1) is 0 Å². The molecule has 0 spiro atoms. The van der Waals surface area contributed by atoms with E-state index in [9.17, 15) is 9.59 Å². The van der Waals surface area contributed by atoms with Gasteiger partial charge in [0, 0.05) is 36.0 Å². The third-order valence-corrected chi connectivity index (χ3v) is 5.79. The number of amides is 2. The van der Waals surface area contributed by atoms with Crippen LogP contribution in [-0.2, 0) is 22.6 Å². The quantitative estimate of drug-likeness (QED) is 0.796. The number of hydrogen-bond acceptors (Lipinski definition) is 4. The maximum Gasteiger partial charge on any atom is 0.263 e. The molecule has 1 aliphatic heterocycles. The maximum absolute atomic E-state index is 12.4. The van der Waals surface area contributed by atoms with Gasteiger partial charge in [-0.1, -0.05) is 11.6 Å². The van der Waals surface area contributed by atoms with Gasteiger partial charge in [0.2, 0.25) is 5.91 Å². The summed E-state index contributed by atoms with van der Waals surface area (Å²) in [5, 5.41) is 5.48. The first-order chi connectivity index (χ1) is 12.8. The number of halogens is 1. The number of nitrogens with one attached hydrogen (secondary N) is 1. The van der Waals surface area contributed by atoms with E-state index in [0.29, 0.717) is 17.3 Å². The van der Waals surface area contributed by atoms with Gasteiger partial charge in [-0.05, 0) is 61.5 Å². The molecule has 0 fully saturated rings. The van der Waals surface area contributed by atoms with Crippen molar-refractivity contribution in [3.63, 3.8) is 0 Å². The molecule has 1 N–H and O–H groups in total. The van der Waals surface area contributed by atoms with E-state index in [1.54, 1.807) is 49.4 Å². The summed E-state index contributed by atoms with van der Waals surface area (Å²) in [5.74, 6) is 0.364. The molecule has 0 unspecified atom stereocenters. The number of thiophene rings is 1. The van der Waals surface area contributed by atoms with Crippen LogP contribution in [0.5, 0.6) is 5.75 Å². The van der Waals surface area contributed by atoms with E-state index in [1.807, 2.05) is 4.90 Å². The molecule has 27 heavy (non-hydrogen) atoms. The van der Waals surface area contributed by atoms with Crippen LogP contribution < -0.4 is 10.1 Å². The van der Waals surface area contributed by atoms with Crippen molar-refractivity contribution in [3.8, 4) is 5.75 Å². The van der Waals surface area contributed by atoms with E-state index in [2.05, 4.69) is 16.8 Å². The zero-order valence-electron chi connectivity index (χ0n) is 15.5. The second-order valence-corrected chi connectivity index (χ2v) is 8.44. The third-order valence-electron chi connectivity index (χ3n) is 4.52.